The Hall–Kier alpha value is -5.27. The van der Waals surface area contributed by atoms with Crippen LogP contribution < -0.4 is 26.2 Å². The van der Waals surface area contributed by atoms with Crippen molar-refractivity contribution in [1.82, 2.24) is 20.5 Å². The number of pyridine rings is 1. The Morgan fingerprint density at radius 3 is 2.27 bits per heavy atom. The predicted molar refractivity (Wildman–Crippen MR) is 252 cm³/mol. The second-order valence-corrected chi connectivity index (χ2v) is 22.5. The number of para-hydroxylation sites is 1. The zero-order chi connectivity index (χ0) is 44.0. The van der Waals surface area contributed by atoms with E-state index < -0.39 is 14.4 Å². The number of rotatable bonds is 20. The Balaban J connectivity index is 0.895. The standard InChI is InChI=1S/C50H65N5O6Si/c1-50(2,3)62(4,5)61-45(41-23-25-44(48-42(41)24-26-47(57)54-48)59-36-37-17-9-6-10-18-37)35-51-30-15-8-16-31-52-46(56)29-34-55-32-27-39(28-33-55)60-49(58)53-43-22-14-13-21-40(43)38-19-11-7-12-20-38/h6-7,9-14,17-26,39,45,51H,8,15-16,27-36H2,1-5H3,(H,52,56)(H,53,58)(H,54,57)/t45-/m1/s1. The molecular formula is C50H65N5O6Si. The molecule has 1 aromatic heterocycles. The molecule has 1 saturated heterocycles. The lowest BCUT2D eigenvalue weighted by Crippen LogP contribution is -2.43. The lowest BCUT2D eigenvalue weighted by molar-refractivity contribution is -0.121. The number of hydrogen-bond donors (Lipinski definition) is 4. The summed E-state index contributed by atoms with van der Waals surface area (Å²) in [7, 11) is -2.18. The highest BCUT2D eigenvalue weighted by Gasteiger charge is 2.40. The smallest absolute Gasteiger partial charge is 0.411 e. The summed E-state index contributed by atoms with van der Waals surface area (Å²) in [5, 5.41) is 10.6. The molecule has 0 bridgehead atoms. The van der Waals surface area contributed by atoms with Gasteiger partial charge in [-0.1, -0.05) is 112 Å². The molecule has 0 radical (unpaired) electrons. The van der Waals surface area contributed by atoms with Gasteiger partial charge < -0.3 is 34.4 Å². The summed E-state index contributed by atoms with van der Waals surface area (Å²) < 4.78 is 19.1. The maximum absolute atomic E-state index is 12.8. The molecule has 6 rings (SSSR count). The molecule has 1 fully saturated rings. The van der Waals surface area contributed by atoms with Crippen LogP contribution >= 0.6 is 0 Å². The maximum Gasteiger partial charge on any atom is 0.411 e. The lowest BCUT2D eigenvalue weighted by Gasteiger charge is -2.39. The minimum atomic E-state index is -2.18. The monoisotopic (exact) mass is 859 g/mol. The molecule has 0 saturated carbocycles. The van der Waals surface area contributed by atoms with Crippen molar-refractivity contribution in [2.75, 3.05) is 44.6 Å². The Bertz CT molecular complexity index is 2250. The van der Waals surface area contributed by atoms with Gasteiger partial charge in [0.15, 0.2) is 8.32 Å². The van der Waals surface area contributed by atoms with E-state index in [2.05, 4.69) is 65.8 Å². The number of aromatic amines is 1. The number of H-pyrrole nitrogens is 1. The van der Waals surface area contributed by atoms with Gasteiger partial charge in [0.25, 0.3) is 0 Å². The van der Waals surface area contributed by atoms with Crippen LogP contribution in [0.4, 0.5) is 10.5 Å². The zero-order valence-electron chi connectivity index (χ0n) is 37.1. The topological polar surface area (TPSA) is 134 Å². The van der Waals surface area contributed by atoms with Crippen molar-refractivity contribution in [3.8, 4) is 16.9 Å². The summed E-state index contributed by atoms with van der Waals surface area (Å²) in [5.41, 5.74) is 5.27. The van der Waals surface area contributed by atoms with Crippen molar-refractivity contribution in [1.29, 1.82) is 0 Å². The van der Waals surface area contributed by atoms with Crippen molar-refractivity contribution in [3.05, 3.63) is 131 Å². The van der Waals surface area contributed by atoms with Crippen molar-refractivity contribution < 1.29 is 23.5 Å². The second-order valence-electron chi connectivity index (χ2n) is 17.8. The largest absolute Gasteiger partial charge is 0.487 e. The van der Waals surface area contributed by atoms with Crippen LogP contribution in [0, 0.1) is 0 Å². The number of ether oxygens (including phenoxy) is 2. The van der Waals surface area contributed by atoms with Crippen molar-refractivity contribution >= 4 is 36.9 Å². The van der Waals surface area contributed by atoms with E-state index in [1.54, 1.807) is 6.07 Å². The summed E-state index contributed by atoms with van der Waals surface area (Å²) in [6.07, 6.45) is 3.95. The van der Waals surface area contributed by atoms with Crippen LogP contribution in [0.5, 0.6) is 5.75 Å². The highest BCUT2D eigenvalue weighted by atomic mass is 28.4. The average Bonchev–Trinajstić information content (AvgIpc) is 3.26. The molecule has 2 heterocycles. The van der Waals surface area contributed by atoms with Gasteiger partial charge in [0.2, 0.25) is 11.5 Å². The first-order chi connectivity index (χ1) is 29.9. The fraction of sp³-hybridized carbons (Fsp3) is 0.420. The van der Waals surface area contributed by atoms with Gasteiger partial charge in [-0.3, -0.25) is 14.9 Å². The van der Waals surface area contributed by atoms with Crippen LogP contribution in [0.25, 0.3) is 22.0 Å². The molecule has 330 valence electrons. The van der Waals surface area contributed by atoms with Gasteiger partial charge in [0.1, 0.15) is 18.5 Å². The summed E-state index contributed by atoms with van der Waals surface area (Å²) in [6.45, 7) is 16.0. The number of likely N-dealkylation sites (tertiary alicyclic amines) is 1. The van der Waals surface area contributed by atoms with Crippen molar-refractivity contribution in [3.63, 3.8) is 0 Å². The first kappa shape index (κ1) is 46.2. The molecule has 11 nitrogen and oxygen atoms in total. The van der Waals surface area contributed by atoms with E-state index in [4.69, 9.17) is 13.9 Å². The van der Waals surface area contributed by atoms with E-state index in [1.165, 1.54) is 0 Å². The maximum atomic E-state index is 12.8. The molecule has 62 heavy (non-hydrogen) atoms. The van der Waals surface area contributed by atoms with Crippen LogP contribution in [0.3, 0.4) is 0 Å². The first-order valence-corrected chi connectivity index (χ1v) is 25.1. The summed E-state index contributed by atoms with van der Waals surface area (Å²) in [6, 6.07) is 35.2. The highest BCUT2D eigenvalue weighted by molar-refractivity contribution is 6.74. The molecule has 1 atom stereocenters. The van der Waals surface area contributed by atoms with E-state index in [-0.39, 0.29) is 28.7 Å². The summed E-state index contributed by atoms with van der Waals surface area (Å²) in [5.74, 6) is 0.695. The fourth-order valence-corrected chi connectivity index (χ4v) is 8.77. The number of hydrogen-bond acceptors (Lipinski definition) is 8. The van der Waals surface area contributed by atoms with Gasteiger partial charge in [-0.05, 0) is 85.2 Å². The molecule has 5 aromatic rings. The number of nitrogens with zero attached hydrogens (tertiary/aromatic N) is 1. The third-order valence-corrected chi connectivity index (χ3v) is 16.6. The van der Waals surface area contributed by atoms with E-state index in [0.29, 0.717) is 43.9 Å². The third kappa shape index (κ3) is 13.4. The third-order valence-electron chi connectivity index (χ3n) is 12.1. The number of benzene rings is 4. The molecule has 4 N–H and O–H groups in total. The number of carbonyl (C=O) groups excluding carboxylic acids is 2. The zero-order valence-corrected chi connectivity index (χ0v) is 38.1. The first-order valence-electron chi connectivity index (χ1n) is 22.2. The fourth-order valence-electron chi connectivity index (χ4n) is 7.50. The van der Waals surface area contributed by atoms with E-state index in [9.17, 15) is 14.4 Å². The molecule has 1 aliphatic heterocycles. The van der Waals surface area contributed by atoms with Crippen LogP contribution in [0.1, 0.15) is 76.5 Å². The number of aromatic nitrogens is 1. The quantitative estimate of drug-likeness (QED) is 0.0449. The lowest BCUT2D eigenvalue weighted by atomic mass is 10.0. The van der Waals surface area contributed by atoms with Crippen LogP contribution in [-0.2, 0) is 20.6 Å². The number of piperidine rings is 1. The molecule has 0 unspecified atom stereocenters. The minimum absolute atomic E-state index is 0.0151. The Morgan fingerprint density at radius 1 is 0.839 bits per heavy atom. The molecule has 12 heteroatoms. The molecular weight excluding hydrogens is 795 g/mol. The minimum Gasteiger partial charge on any atom is -0.487 e. The Labute approximate surface area is 368 Å². The molecule has 0 spiro atoms. The Kier molecular flexibility index (Phi) is 16.5. The summed E-state index contributed by atoms with van der Waals surface area (Å²) in [4.78, 5) is 43.3. The van der Waals surface area contributed by atoms with Crippen LogP contribution in [0.15, 0.2) is 114 Å². The number of anilines is 1. The van der Waals surface area contributed by atoms with E-state index in [0.717, 1.165) is 85.1 Å². The van der Waals surface area contributed by atoms with Gasteiger partial charge in [-0.2, -0.15) is 0 Å². The normalized spacial score (nSPS) is 14.3. The van der Waals surface area contributed by atoms with Gasteiger partial charge in [0.05, 0.1) is 17.3 Å². The number of fused-ring (bicyclic) bond motifs is 1. The van der Waals surface area contributed by atoms with Gasteiger partial charge in [-0.15, -0.1) is 0 Å². The second kappa shape index (κ2) is 22.2. The molecule has 2 amide bonds. The van der Waals surface area contributed by atoms with Gasteiger partial charge in [-0.25, -0.2) is 4.79 Å². The van der Waals surface area contributed by atoms with E-state index in [1.807, 2.05) is 97.1 Å². The highest BCUT2D eigenvalue weighted by Crippen LogP contribution is 2.41. The Morgan fingerprint density at radius 2 is 1.53 bits per heavy atom. The van der Waals surface area contributed by atoms with Crippen molar-refractivity contribution in [2.45, 2.75) is 96.2 Å². The van der Waals surface area contributed by atoms with Gasteiger partial charge >= 0.3 is 6.09 Å². The van der Waals surface area contributed by atoms with Gasteiger partial charge in [0, 0.05) is 56.2 Å². The number of carbonyl (C=O) groups is 2. The summed E-state index contributed by atoms with van der Waals surface area (Å²) >= 11 is 0. The van der Waals surface area contributed by atoms with Crippen molar-refractivity contribution in [2.24, 2.45) is 0 Å². The number of nitrogens with one attached hydrogen (secondary N) is 4. The molecule has 0 aliphatic carbocycles. The molecule has 1 aliphatic rings. The average molecular weight is 860 g/mol. The van der Waals surface area contributed by atoms with E-state index >= 15 is 0 Å². The number of unbranched alkanes of at least 4 members (excludes halogenated alkanes) is 2. The van der Waals surface area contributed by atoms with Crippen LogP contribution in [-0.4, -0.2) is 75.6 Å². The SMILES string of the molecule is CC(C)(C)[Si](C)(C)O[C@H](CNCCCCCNC(=O)CCN1CCC(OC(=O)Nc2ccccc2-c2ccccc2)CC1)c1ccc(OCc2ccccc2)c2[nH]c(=O)ccc12. The number of amides is 2. The molecule has 4 aromatic carbocycles. The predicted octanol–water partition coefficient (Wildman–Crippen LogP) is 9.82. The van der Waals surface area contributed by atoms with Crippen LogP contribution in [0.2, 0.25) is 18.1 Å².